The summed E-state index contributed by atoms with van der Waals surface area (Å²) in [4.78, 5) is 38.1. The fourth-order valence-corrected chi connectivity index (χ4v) is 7.90. The van der Waals surface area contributed by atoms with Gasteiger partial charge in [0.25, 0.3) is 11.8 Å². The molecule has 0 aliphatic carbocycles. The van der Waals surface area contributed by atoms with E-state index in [4.69, 9.17) is 33.2 Å². The van der Waals surface area contributed by atoms with Gasteiger partial charge in [0.2, 0.25) is 0 Å². The Hall–Kier alpha value is -4.85. The average Bonchev–Trinajstić information content (AvgIpc) is 3.33. The summed E-state index contributed by atoms with van der Waals surface area (Å²) in [5, 5.41) is 19.9. The van der Waals surface area contributed by atoms with Crippen molar-refractivity contribution in [1.82, 2.24) is 10.6 Å². The van der Waals surface area contributed by atoms with Gasteiger partial charge in [-0.2, -0.15) is 5.26 Å². The third-order valence-corrected chi connectivity index (χ3v) is 10.5. The first-order valence-electron chi connectivity index (χ1n) is 17.1. The van der Waals surface area contributed by atoms with E-state index >= 15 is 0 Å². The van der Waals surface area contributed by atoms with Gasteiger partial charge in [-0.25, -0.2) is 0 Å². The van der Waals surface area contributed by atoms with E-state index in [1.165, 1.54) is 0 Å². The Labute approximate surface area is 307 Å². The summed E-state index contributed by atoms with van der Waals surface area (Å²) in [7, 11) is 1.77. The number of anilines is 2. The first-order valence-corrected chi connectivity index (χ1v) is 17.8. The lowest BCUT2D eigenvalue weighted by Crippen LogP contribution is -2.52. The molecule has 0 atom stereocenters. The second kappa shape index (κ2) is 14.4. The molecule has 4 heterocycles. The molecule has 2 spiro atoms. The predicted molar refractivity (Wildman–Crippen MR) is 203 cm³/mol. The number of hydrogen-bond donors (Lipinski definition) is 3. The zero-order valence-corrected chi connectivity index (χ0v) is 29.7. The van der Waals surface area contributed by atoms with E-state index in [9.17, 15) is 14.9 Å². The molecule has 0 unspecified atom stereocenters. The molecule has 2 amide bonds. The van der Waals surface area contributed by atoms with Gasteiger partial charge in [0.1, 0.15) is 11.1 Å². The lowest BCUT2D eigenvalue weighted by atomic mass is 9.87. The van der Waals surface area contributed by atoms with Crippen molar-refractivity contribution in [3.05, 3.63) is 129 Å². The van der Waals surface area contributed by atoms with Crippen molar-refractivity contribution in [2.75, 3.05) is 43.4 Å². The molecule has 8 rings (SSSR count). The lowest BCUT2D eigenvalue weighted by molar-refractivity contribution is -0.124. The quantitative estimate of drug-likeness (QED) is 0.222. The number of halogens is 2. The molecule has 51 heavy (non-hydrogen) atoms. The van der Waals surface area contributed by atoms with Crippen LogP contribution in [-0.4, -0.2) is 67.5 Å². The molecule has 4 aliphatic heterocycles. The monoisotopic (exact) mass is 717 g/mol. The van der Waals surface area contributed by atoms with E-state index in [0.717, 1.165) is 59.9 Å². The summed E-state index contributed by atoms with van der Waals surface area (Å²) in [6.45, 7) is 3.05. The van der Waals surface area contributed by atoms with Crippen molar-refractivity contribution in [3.63, 3.8) is 0 Å². The van der Waals surface area contributed by atoms with Crippen LogP contribution < -0.4 is 20.9 Å². The first-order chi connectivity index (χ1) is 24.7. The van der Waals surface area contributed by atoms with E-state index in [-0.39, 0.29) is 11.8 Å². The highest BCUT2D eigenvalue weighted by atomic mass is 35.5. The Morgan fingerprint density at radius 2 is 1.27 bits per heavy atom. The standard InChI is InChI=1S/C20H19Cl2N3O.C20H18N4O/c1-25-18-15(11-14(21)12-16(18)22)17(13-5-3-2-4-6-13)24-20(19(25)26)7-9-23-10-8-20;21-13-14-6-7-17-16(12-14)18(15-4-2-1-3-5-15)24-20(19(25)23-17)8-10-22-11-9-20/h2-6,11-12,23H,7-10H2,1H3;1-7,12,22H,8-11H2,(H,23,25). The minimum Gasteiger partial charge on any atom is -0.323 e. The molecule has 11 heteroatoms. The number of fused-ring (bicyclic) bond motifs is 2. The number of amides is 2. The molecule has 4 aromatic carbocycles. The zero-order chi connectivity index (χ0) is 35.6. The van der Waals surface area contributed by atoms with Gasteiger partial charge in [-0.3, -0.25) is 19.6 Å². The Morgan fingerprint density at radius 3 is 1.86 bits per heavy atom. The van der Waals surface area contributed by atoms with Crippen LogP contribution in [0.25, 0.3) is 0 Å². The van der Waals surface area contributed by atoms with Gasteiger partial charge in [-0.15, -0.1) is 0 Å². The van der Waals surface area contributed by atoms with Gasteiger partial charge in [0, 0.05) is 34.3 Å². The third-order valence-electron chi connectivity index (χ3n) is 10.0. The molecule has 3 N–H and O–H groups in total. The number of benzene rings is 4. The van der Waals surface area contributed by atoms with Gasteiger partial charge in [-0.05, 0) is 82.2 Å². The molecule has 2 saturated heterocycles. The molecule has 4 aliphatic rings. The highest BCUT2D eigenvalue weighted by Crippen LogP contribution is 2.41. The van der Waals surface area contributed by atoms with Crippen molar-refractivity contribution in [2.24, 2.45) is 9.98 Å². The van der Waals surface area contributed by atoms with E-state index in [2.05, 4.69) is 22.0 Å². The van der Waals surface area contributed by atoms with Crippen LogP contribution in [0.3, 0.4) is 0 Å². The average molecular weight is 719 g/mol. The maximum absolute atomic E-state index is 13.4. The number of hydrogen-bond acceptors (Lipinski definition) is 7. The summed E-state index contributed by atoms with van der Waals surface area (Å²) in [5.74, 6) is -0.0821. The second-order valence-corrected chi connectivity index (χ2v) is 14.0. The van der Waals surface area contributed by atoms with Crippen molar-refractivity contribution < 1.29 is 9.59 Å². The molecule has 2 fully saturated rings. The number of nitriles is 1. The normalized spacial score (nSPS) is 18.8. The Kier molecular flexibility index (Phi) is 9.77. The van der Waals surface area contributed by atoms with Crippen molar-refractivity contribution in [2.45, 2.75) is 36.8 Å². The Morgan fingerprint density at radius 1 is 0.725 bits per heavy atom. The van der Waals surface area contributed by atoms with Crippen LogP contribution in [0.1, 0.15) is 53.5 Å². The van der Waals surface area contributed by atoms with E-state index in [1.807, 2.05) is 72.8 Å². The smallest absolute Gasteiger partial charge is 0.254 e. The summed E-state index contributed by atoms with van der Waals surface area (Å²) >= 11 is 12.8. The molecular formula is C40H37Cl2N7O2. The minimum absolute atomic E-state index is 0.0181. The number of rotatable bonds is 2. The molecule has 0 saturated carbocycles. The zero-order valence-electron chi connectivity index (χ0n) is 28.2. The van der Waals surface area contributed by atoms with Gasteiger partial charge in [0.15, 0.2) is 0 Å². The summed E-state index contributed by atoms with van der Waals surface area (Å²) in [6.07, 6.45) is 2.64. The molecule has 0 radical (unpaired) electrons. The number of nitrogens with zero attached hydrogens (tertiary/aromatic N) is 4. The SMILES string of the molecule is CN1C(=O)C2(CCNCC2)N=C(c2ccccc2)c2cc(Cl)cc(Cl)c21.N#Cc1ccc2c(c1)C(c1ccccc1)=NC1(CCNCC1)C(=O)N2. The van der Waals surface area contributed by atoms with E-state index in [0.29, 0.717) is 52.7 Å². The highest BCUT2D eigenvalue weighted by Gasteiger charge is 2.45. The van der Waals surface area contributed by atoms with E-state index < -0.39 is 11.1 Å². The number of nitrogens with one attached hydrogen (secondary N) is 3. The summed E-state index contributed by atoms with van der Waals surface area (Å²) in [5.41, 5.74) is 5.43. The number of piperidine rings is 2. The van der Waals surface area contributed by atoms with Crippen LogP contribution in [0.4, 0.5) is 11.4 Å². The fourth-order valence-electron chi connectivity index (χ4n) is 7.28. The second-order valence-electron chi connectivity index (χ2n) is 13.2. The fraction of sp³-hybridized carbons (Fsp3) is 0.275. The first kappa shape index (κ1) is 34.6. The van der Waals surface area contributed by atoms with Crippen LogP contribution in [0.2, 0.25) is 10.0 Å². The third kappa shape index (κ3) is 6.68. The van der Waals surface area contributed by atoms with Crippen LogP contribution in [0.5, 0.6) is 0 Å². The van der Waals surface area contributed by atoms with Crippen LogP contribution in [-0.2, 0) is 9.59 Å². The van der Waals surface area contributed by atoms with Gasteiger partial charge >= 0.3 is 0 Å². The van der Waals surface area contributed by atoms with Crippen molar-refractivity contribution in [3.8, 4) is 6.07 Å². The maximum Gasteiger partial charge on any atom is 0.254 e. The number of likely N-dealkylation sites (N-methyl/N-ethyl adjacent to an activating group) is 1. The minimum atomic E-state index is -0.778. The number of carbonyl (C=O) groups is 2. The molecule has 9 nitrogen and oxygen atoms in total. The lowest BCUT2D eigenvalue weighted by Gasteiger charge is -2.34. The van der Waals surface area contributed by atoms with Crippen molar-refractivity contribution in [1.29, 1.82) is 5.26 Å². The van der Waals surface area contributed by atoms with Gasteiger partial charge in [-0.1, -0.05) is 83.9 Å². The van der Waals surface area contributed by atoms with Crippen LogP contribution >= 0.6 is 23.2 Å². The summed E-state index contributed by atoms with van der Waals surface area (Å²) in [6, 6.07) is 30.8. The highest BCUT2D eigenvalue weighted by molar-refractivity contribution is 6.39. The molecule has 0 bridgehead atoms. The van der Waals surface area contributed by atoms with Crippen molar-refractivity contribution >= 4 is 57.8 Å². The van der Waals surface area contributed by atoms with E-state index in [1.54, 1.807) is 30.1 Å². The molecule has 4 aromatic rings. The topological polar surface area (TPSA) is 122 Å². The van der Waals surface area contributed by atoms with Gasteiger partial charge in [0.05, 0.1) is 39.5 Å². The molecular weight excluding hydrogens is 681 g/mol. The van der Waals surface area contributed by atoms with Gasteiger partial charge < -0.3 is 20.9 Å². The van der Waals surface area contributed by atoms with Crippen LogP contribution in [0, 0.1) is 11.3 Å². The Balaban J connectivity index is 0.000000159. The maximum atomic E-state index is 13.4. The van der Waals surface area contributed by atoms with Crippen LogP contribution in [0.15, 0.2) is 101 Å². The largest absolute Gasteiger partial charge is 0.323 e. The molecule has 258 valence electrons. The Bertz CT molecular complexity index is 2080. The summed E-state index contributed by atoms with van der Waals surface area (Å²) < 4.78 is 0. The predicted octanol–water partition coefficient (Wildman–Crippen LogP) is 6.40. The molecule has 0 aromatic heterocycles. The number of carbonyl (C=O) groups excluding carboxylic acids is 2. The number of aliphatic imine (C=N–C) groups is 2.